The number of hydrogen-bond acceptors (Lipinski definition) is 4. The second kappa shape index (κ2) is 13.1. The zero-order valence-corrected chi connectivity index (χ0v) is 22.9. The first-order valence-electron chi connectivity index (χ1n) is 12.9. The first-order chi connectivity index (χ1) is 17.7. The van der Waals surface area contributed by atoms with Crippen molar-refractivity contribution < 1.29 is 19.1 Å². The molecule has 0 aliphatic heterocycles. The summed E-state index contributed by atoms with van der Waals surface area (Å²) in [4.78, 5) is 25.6. The van der Waals surface area contributed by atoms with E-state index >= 15 is 0 Å². The maximum Gasteiger partial charge on any atom is 0.305 e. The molecule has 0 fully saturated rings. The Hall–Kier alpha value is -3.60. The van der Waals surface area contributed by atoms with Gasteiger partial charge < -0.3 is 14.8 Å². The molecule has 3 aromatic carbocycles. The minimum atomic E-state index is -0.300. The first-order valence-corrected chi connectivity index (χ1v) is 12.9. The standard InChI is InChI=1S/C32H39NO4/c1-21(2)15-29(27-17-22(3)16-23(4)18-27)33-32(35)28-19-25(11-12-26(28)13-14-31(34)36-6)20-37-30-10-8-7-9-24(30)5/h7-12,16-19,21,29H,13-15,20H2,1-6H3,(H,33,35)/t29-/m1/s1. The van der Waals surface area contributed by atoms with Crippen molar-refractivity contribution in [1.82, 2.24) is 5.32 Å². The fraction of sp³-hybridized carbons (Fsp3) is 0.375. The third-order valence-corrected chi connectivity index (χ3v) is 6.39. The van der Waals surface area contributed by atoms with Crippen LogP contribution in [0.4, 0.5) is 0 Å². The Bertz CT molecular complexity index is 1210. The van der Waals surface area contributed by atoms with E-state index in [1.165, 1.54) is 18.2 Å². The van der Waals surface area contributed by atoms with E-state index < -0.39 is 0 Å². The fourth-order valence-electron chi connectivity index (χ4n) is 4.56. The SMILES string of the molecule is COC(=O)CCc1ccc(COc2ccccc2C)cc1C(=O)N[C@H](CC(C)C)c1cc(C)cc(C)c1. The van der Waals surface area contributed by atoms with Crippen LogP contribution >= 0.6 is 0 Å². The summed E-state index contributed by atoms with van der Waals surface area (Å²) in [6, 6.07) is 19.9. The molecule has 196 valence electrons. The average molecular weight is 502 g/mol. The molecule has 0 spiro atoms. The Kier molecular flexibility index (Phi) is 9.90. The van der Waals surface area contributed by atoms with Gasteiger partial charge in [0.05, 0.1) is 13.2 Å². The van der Waals surface area contributed by atoms with Crippen molar-refractivity contribution in [3.63, 3.8) is 0 Å². The number of esters is 1. The molecule has 0 heterocycles. The number of carbonyl (C=O) groups excluding carboxylic acids is 2. The van der Waals surface area contributed by atoms with Crippen molar-refractivity contribution in [2.24, 2.45) is 5.92 Å². The lowest BCUT2D eigenvalue weighted by Crippen LogP contribution is -2.30. The van der Waals surface area contributed by atoms with E-state index in [0.717, 1.165) is 34.4 Å². The van der Waals surface area contributed by atoms with Gasteiger partial charge in [0, 0.05) is 12.0 Å². The van der Waals surface area contributed by atoms with E-state index in [1.54, 1.807) is 0 Å². The van der Waals surface area contributed by atoms with Gasteiger partial charge in [-0.15, -0.1) is 0 Å². The highest BCUT2D eigenvalue weighted by Crippen LogP contribution is 2.26. The second-order valence-corrected chi connectivity index (χ2v) is 10.2. The number of methoxy groups -OCH3 is 1. The normalized spacial score (nSPS) is 11.8. The number of carbonyl (C=O) groups is 2. The Morgan fingerprint density at radius 2 is 1.62 bits per heavy atom. The zero-order valence-electron chi connectivity index (χ0n) is 22.9. The minimum absolute atomic E-state index is 0.119. The first kappa shape index (κ1) is 28.0. The van der Waals surface area contributed by atoms with Gasteiger partial charge in [0.2, 0.25) is 0 Å². The minimum Gasteiger partial charge on any atom is -0.489 e. The molecule has 5 nitrogen and oxygen atoms in total. The van der Waals surface area contributed by atoms with Crippen LogP contribution in [0.5, 0.6) is 5.75 Å². The van der Waals surface area contributed by atoms with Crippen LogP contribution in [0.25, 0.3) is 0 Å². The molecule has 0 unspecified atom stereocenters. The van der Waals surface area contributed by atoms with E-state index in [2.05, 4.69) is 51.2 Å². The number of nitrogens with one attached hydrogen (secondary N) is 1. The molecule has 0 radical (unpaired) electrons. The summed E-state index contributed by atoms with van der Waals surface area (Å²) in [5, 5.41) is 3.29. The molecular weight excluding hydrogens is 462 g/mol. The fourth-order valence-corrected chi connectivity index (χ4v) is 4.56. The van der Waals surface area contributed by atoms with Gasteiger partial charge in [-0.1, -0.05) is 73.5 Å². The van der Waals surface area contributed by atoms with Crippen LogP contribution in [-0.4, -0.2) is 19.0 Å². The molecule has 0 aliphatic rings. The van der Waals surface area contributed by atoms with Gasteiger partial charge >= 0.3 is 5.97 Å². The summed E-state index contributed by atoms with van der Waals surface area (Å²) in [6.45, 7) is 10.8. The van der Waals surface area contributed by atoms with Crippen molar-refractivity contribution in [3.8, 4) is 5.75 Å². The number of para-hydroxylation sites is 1. The molecule has 0 aromatic heterocycles. The maximum absolute atomic E-state index is 13.7. The van der Waals surface area contributed by atoms with Crippen molar-refractivity contribution in [3.05, 3.63) is 99.6 Å². The van der Waals surface area contributed by atoms with Crippen molar-refractivity contribution in [2.75, 3.05) is 7.11 Å². The monoisotopic (exact) mass is 501 g/mol. The summed E-state index contributed by atoms with van der Waals surface area (Å²) in [6.07, 6.45) is 1.46. The number of benzene rings is 3. The van der Waals surface area contributed by atoms with Crippen LogP contribution in [0, 0.1) is 26.7 Å². The Balaban J connectivity index is 1.90. The van der Waals surface area contributed by atoms with Gasteiger partial charge in [-0.2, -0.15) is 0 Å². The van der Waals surface area contributed by atoms with Crippen LogP contribution in [-0.2, 0) is 22.6 Å². The molecule has 0 bridgehead atoms. The lowest BCUT2D eigenvalue weighted by atomic mass is 9.93. The number of ether oxygens (including phenoxy) is 2. The van der Waals surface area contributed by atoms with Crippen LogP contribution in [0.2, 0.25) is 0 Å². The van der Waals surface area contributed by atoms with E-state index in [-0.39, 0.29) is 24.3 Å². The lowest BCUT2D eigenvalue weighted by Gasteiger charge is -2.23. The van der Waals surface area contributed by atoms with Gasteiger partial charge in [0.1, 0.15) is 12.4 Å². The predicted molar refractivity (Wildman–Crippen MR) is 148 cm³/mol. The average Bonchev–Trinajstić information content (AvgIpc) is 2.85. The smallest absolute Gasteiger partial charge is 0.305 e. The predicted octanol–water partition coefficient (Wildman–Crippen LogP) is 6.81. The summed E-state index contributed by atoms with van der Waals surface area (Å²) in [5.74, 6) is 0.766. The van der Waals surface area contributed by atoms with Crippen LogP contribution < -0.4 is 10.1 Å². The maximum atomic E-state index is 13.7. The second-order valence-electron chi connectivity index (χ2n) is 10.2. The molecule has 37 heavy (non-hydrogen) atoms. The Morgan fingerprint density at radius 1 is 0.919 bits per heavy atom. The number of hydrogen-bond donors (Lipinski definition) is 1. The van der Waals surface area contributed by atoms with Crippen LogP contribution in [0.3, 0.4) is 0 Å². The van der Waals surface area contributed by atoms with Gasteiger partial charge in [-0.05, 0) is 73.9 Å². The van der Waals surface area contributed by atoms with Crippen LogP contribution in [0.1, 0.15) is 76.5 Å². The molecule has 0 aliphatic carbocycles. The van der Waals surface area contributed by atoms with Gasteiger partial charge in [0.25, 0.3) is 5.91 Å². The molecule has 1 amide bonds. The summed E-state index contributed by atoms with van der Waals surface area (Å²) < 4.78 is 10.9. The molecule has 3 rings (SSSR count). The highest BCUT2D eigenvalue weighted by Gasteiger charge is 2.21. The number of amides is 1. The van der Waals surface area contributed by atoms with E-state index in [9.17, 15) is 9.59 Å². The van der Waals surface area contributed by atoms with Crippen molar-refractivity contribution in [1.29, 1.82) is 0 Å². The lowest BCUT2D eigenvalue weighted by molar-refractivity contribution is -0.140. The van der Waals surface area contributed by atoms with E-state index in [1.807, 2.05) is 49.4 Å². The van der Waals surface area contributed by atoms with Crippen molar-refractivity contribution >= 4 is 11.9 Å². The molecule has 5 heteroatoms. The van der Waals surface area contributed by atoms with Gasteiger partial charge in [-0.3, -0.25) is 9.59 Å². The topological polar surface area (TPSA) is 64.6 Å². The summed E-state index contributed by atoms with van der Waals surface area (Å²) in [5.41, 5.74) is 6.77. The highest BCUT2D eigenvalue weighted by molar-refractivity contribution is 5.96. The molecule has 1 N–H and O–H groups in total. The van der Waals surface area contributed by atoms with E-state index in [0.29, 0.717) is 24.5 Å². The molecule has 0 saturated heterocycles. The molecule has 3 aromatic rings. The summed E-state index contributed by atoms with van der Waals surface area (Å²) in [7, 11) is 1.38. The van der Waals surface area contributed by atoms with Crippen molar-refractivity contribution in [2.45, 2.75) is 66.5 Å². The number of rotatable bonds is 11. The van der Waals surface area contributed by atoms with Gasteiger partial charge in [-0.25, -0.2) is 0 Å². The summed E-state index contributed by atoms with van der Waals surface area (Å²) >= 11 is 0. The molecule has 0 saturated carbocycles. The molecule has 1 atom stereocenters. The van der Waals surface area contributed by atoms with Crippen LogP contribution in [0.15, 0.2) is 60.7 Å². The third kappa shape index (κ3) is 8.21. The van der Waals surface area contributed by atoms with Gasteiger partial charge in [0.15, 0.2) is 0 Å². The largest absolute Gasteiger partial charge is 0.489 e. The molecular formula is C32H39NO4. The quantitative estimate of drug-likeness (QED) is 0.293. The number of aryl methyl sites for hydroxylation is 4. The Labute approximate surface area is 221 Å². The Morgan fingerprint density at radius 3 is 2.27 bits per heavy atom. The zero-order chi connectivity index (χ0) is 26.9. The highest BCUT2D eigenvalue weighted by atomic mass is 16.5. The van der Waals surface area contributed by atoms with E-state index in [4.69, 9.17) is 9.47 Å². The third-order valence-electron chi connectivity index (χ3n) is 6.39.